The Balaban J connectivity index is 1.24. The lowest BCUT2D eigenvalue weighted by Crippen LogP contribution is -2.43. The highest BCUT2D eigenvalue weighted by atomic mass is 16.3. The van der Waals surface area contributed by atoms with Crippen LogP contribution in [0, 0.1) is 0 Å². The number of carbonyl (C=O) groups excluding carboxylic acids is 1. The molecule has 2 fully saturated rings. The minimum absolute atomic E-state index is 0.0100. The summed E-state index contributed by atoms with van der Waals surface area (Å²) in [5, 5.41) is 22.4. The summed E-state index contributed by atoms with van der Waals surface area (Å²) in [5.74, 6) is -0.146. The monoisotopic (exact) mass is 446 g/mol. The van der Waals surface area contributed by atoms with Gasteiger partial charge < -0.3 is 20.2 Å². The number of anilines is 1. The van der Waals surface area contributed by atoms with Gasteiger partial charge in [-0.1, -0.05) is 6.07 Å². The Labute approximate surface area is 193 Å². The van der Waals surface area contributed by atoms with Crippen molar-refractivity contribution in [2.24, 2.45) is 0 Å². The molecule has 4 heterocycles. The first-order valence-corrected chi connectivity index (χ1v) is 11.9. The normalized spacial score (nSPS) is 18.9. The molecule has 3 aromatic rings. The second kappa shape index (κ2) is 8.35. The molecule has 8 nitrogen and oxygen atoms in total. The highest BCUT2D eigenvalue weighted by Crippen LogP contribution is 2.32. The number of carbonyl (C=O) groups is 1. The van der Waals surface area contributed by atoms with Crippen LogP contribution in [0.3, 0.4) is 0 Å². The zero-order valence-corrected chi connectivity index (χ0v) is 18.8. The molecule has 0 saturated carbocycles. The van der Waals surface area contributed by atoms with E-state index >= 15 is 0 Å². The SMILES string of the molecule is O=C(c1cc2c(CN3CCCC3)[nH]nc2cc1O)N1Cc2ccc(N3CCNCC3)cc2C1. The Morgan fingerprint density at radius 2 is 1.79 bits per heavy atom. The number of hydrogen-bond acceptors (Lipinski definition) is 6. The number of H-pyrrole nitrogens is 1. The van der Waals surface area contributed by atoms with Gasteiger partial charge in [-0.25, -0.2) is 0 Å². The maximum absolute atomic E-state index is 13.5. The number of phenolic OH excluding ortho intramolecular Hbond substituents is 1. The predicted octanol–water partition coefficient (Wildman–Crippen LogP) is 2.43. The van der Waals surface area contributed by atoms with Crippen molar-refractivity contribution in [2.75, 3.05) is 44.2 Å². The van der Waals surface area contributed by atoms with Crippen LogP contribution in [0.25, 0.3) is 10.9 Å². The van der Waals surface area contributed by atoms with E-state index in [9.17, 15) is 9.90 Å². The zero-order chi connectivity index (χ0) is 22.4. The Hall–Kier alpha value is -3.10. The molecule has 0 aliphatic carbocycles. The number of amides is 1. The third kappa shape index (κ3) is 3.83. The van der Waals surface area contributed by atoms with Gasteiger partial charge >= 0.3 is 0 Å². The summed E-state index contributed by atoms with van der Waals surface area (Å²) >= 11 is 0. The molecule has 6 rings (SSSR count). The van der Waals surface area contributed by atoms with Gasteiger partial charge in [-0.3, -0.25) is 14.8 Å². The van der Waals surface area contributed by atoms with Crippen molar-refractivity contribution >= 4 is 22.5 Å². The summed E-state index contributed by atoms with van der Waals surface area (Å²) in [7, 11) is 0. The first-order chi connectivity index (χ1) is 16.2. The van der Waals surface area contributed by atoms with Crippen molar-refractivity contribution < 1.29 is 9.90 Å². The molecule has 0 radical (unpaired) electrons. The van der Waals surface area contributed by atoms with E-state index in [0.717, 1.165) is 56.9 Å². The number of piperazine rings is 1. The maximum atomic E-state index is 13.5. The third-order valence-corrected chi connectivity index (χ3v) is 7.24. The van der Waals surface area contributed by atoms with E-state index in [-0.39, 0.29) is 11.7 Å². The molecule has 33 heavy (non-hydrogen) atoms. The molecule has 172 valence electrons. The number of phenols is 1. The van der Waals surface area contributed by atoms with E-state index in [4.69, 9.17) is 0 Å². The summed E-state index contributed by atoms with van der Waals surface area (Å²) < 4.78 is 0. The summed E-state index contributed by atoms with van der Waals surface area (Å²) in [6.07, 6.45) is 2.45. The maximum Gasteiger partial charge on any atom is 0.258 e. The second-order valence-electron chi connectivity index (χ2n) is 9.42. The number of benzene rings is 2. The molecule has 1 aromatic heterocycles. The van der Waals surface area contributed by atoms with Crippen molar-refractivity contribution in [1.82, 2.24) is 25.3 Å². The number of fused-ring (bicyclic) bond motifs is 2. The smallest absolute Gasteiger partial charge is 0.258 e. The average molecular weight is 447 g/mol. The highest BCUT2D eigenvalue weighted by Gasteiger charge is 2.28. The van der Waals surface area contributed by atoms with E-state index in [2.05, 4.69) is 43.5 Å². The largest absolute Gasteiger partial charge is 0.507 e. The van der Waals surface area contributed by atoms with Crippen LogP contribution in [-0.4, -0.2) is 70.3 Å². The van der Waals surface area contributed by atoms with Gasteiger partial charge in [0.1, 0.15) is 5.75 Å². The predicted molar refractivity (Wildman–Crippen MR) is 127 cm³/mol. The first-order valence-electron chi connectivity index (χ1n) is 11.9. The fourth-order valence-electron chi connectivity index (χ4n) is 5.37. The zero-order valence-electron chi connectivity index (χ0n) is 18.8. The standard InChI is InChI=1S/C25H30N6O2/c32-24-13-22-20(23(28-27-22)16-29-7-1-2-8-29)12-21(24)25(33)31-14-17-3-4-19(11-18(17)15-31)30-9-5-26-6-10-30/h3-4,11-13,26,32H,1-2,5-10,14-16H2,(H,27,28). The van der Waals surface area contributed by atoms with Crippen LogP contribution in [0.1, 0.15) is 40.0 Å². The van der Waals surface area contributed by atoms with Crippen LogP contribution in [0.5, 0.6) is 5.75 Å². The van der Waals surface area contributed by atoms with Gasteiger partial charge in [0.15, 0.2) is 0 Å². The summed E-state index contributed by atoms with van der Waals surface area (Å²) in [6.45, 7) is 8.10. The number of aromatic amines is 1. The second-order valence-corrected chi connectivity index (χ2v) is 9.42. The molecule has 0 bridgehead atoms. The molecule has 3 aliphatic rings. The van der Waals surface area contributed by atoms with Gasteiger partial charge in [-0.05, 0) is 55.3 Å². The molecule has 0 unspecified atom stereocenters. The Kier molecular flexibility index (Phi) is 5.19. The fraction of sp³-hybridized carbons (Fsp3) is 0.440. The summed E-state index contributed by atoms with van der Waals surface area (Å²) in [5.41, 5.74) is 5.65. The average Bonchev–Trinajstić information content (AvgIpc) is 3.59. The molecule has 1 amide bonds. The molecule has 2 aromatic carbocycles. The number of nitrogens with zero attached hydrogens (tertiary/aromatic N) is 4. The lowest BCUT2D eigenvalue weighted by Gasteiger charge is -2.29. The van der Waals surface area contributed by atoms with Crippen molar-refractivity contribution in [1.29, 1.82) is 0 Å². The number of aromatic nitrogens is 2. The summed E-state index contributed by atoms with van der Waals surface area (Å²) in [4.78, 5) is 20.1. The number of nitrogens with one attached hydrogen (secondary N) is 2. The van der Waals surface area contributed by atoms with E-state index in [1.165, 1.54) is 29.7 Å². The number of aromatic hydroxyl groups is 1. The number of hydrogen-bond donors (Lipinski definition) is 3. The molecule has 2 saturated heterocycles. The molecular formula is C25H30N6O2. The van der Waals surface area contributed by atoms with Gasteiger partial charge in [0.2, 0.25) is 0 Å². The van der Waals surface area contributed by atoms with E-state index in [1.807, 2.05) is 11.0 Å². The minimum atomic E-state index is -0.136. The quantitative estimate of drug-likeness (QED) is 0.571. The lowest BCUT2D eigenvalue weighted by molar-refractivity contribution is 0.0748. The van der Waals surface area contributed by atoms with Crippen molar-refractivity contribution in [3.8, 4) is 5.75 Å². The fourth-order valence-corrected chi connectivity index (χ4v) is 5.37. The third-order valence-electron chi connectivity index (χ3n) is 7.24. The van der Waals surface area contributed by atoms with E-state index < -0.39 is 0 Å². The van der Waals surface area contributed by atoms with Gasteiger partial charge in [0.25, 0.3) is 5.91 Å². The number of likely N-dealkylation sites (tertiary alicyclic amines) is 1. The van der Waals surface area contributed by atoms with E-state index in [1.54, 1.807) is 6.07 Å². The van der Waals surface area contributed by atoms with E-state index in [0.29, 0.717) is 24.2 Å². The Bertz CT molecular complexity index is 1190. The van der Waals surface area contributed by atoms with Crippen LogP contribution >= 0.6 is 0 Å². The van der Waals surface area contributed by atoms with Crippen molar-refractivity contribution in [3.63, 3.8) is 0 Å². The van der Waals surface area contributed by atoms with Crippen molar-refractivity contribution in [2.45, 2.75) is 32.5 Å². The molecule has 0 atom stereocenters. The molecule has 3 N–H and O–H groups in total. The van der Waals surface area contributed by atoms with Crippen LogP contribution in [-0.2, 0) is 19.6 Å². The molecule has 8 heteroatoms. The van der Waals surface area contributed by atoms with Gasteiger partial charge in [-0.15, -0.1) is 0 Å². The summed E-state index contributed by atoms with van der Waals surface area (Å²) in [6, 6.07) is 9.96. The van der Waals surface area contributed by atoms with Crippen molar-refractivity contribution in [3.05, 3.63) is 52.7 Å². The lowest BCUT2D eigenvalue weighted by atomic mass is 10.1. The Morgan fingerprint density at radius 1 is 1.00 bits per heavy atom. The molecule has 0 spiro atoms. The minimum Gasteiger partial charge on any atom is -0.507 e. The van der Waals surface area contributed by atoms with Gasteiger partial charge in [0, 0.05) is 63.0 Å². The van der Waals surface area contributed by atoms with Gasteiger partial charge in [-0.2, -0.15) is 5.10 Å². The molecule has 3 aliphatic heterocycles. The Morgan fingerprint density at radius 3 is 2.61 bits per heavy atom. The van der Waals surface area contributed by atoms with Crippen LogP contribution in [0.15, 0.2) is 30.3 Å². The molecular weight excluding hydrogens is 416 g/mol. The first kappa shape index (κ1) is 20.5. The van der Waals surface area contributed by atoms with Crippen LogP contribution in [0.2, 0.25) is 0 Å². The highest BCUT2D eigenvalue weighted by molar-refractivity contribution is 6.01. The topological polar surface area (TPSA) is 87.7 Å². The van der Waals surface area contributed by atoms with Crippen LogP contribution < -0.4 is 10.2 Å². The van der Waals surface area contributed by atoms with Gasteiger partial charge in [0.05, 0.1) is 16.8 Å². The number of rotatable bonds is 4. The van der Waals surface area contributed by atoms with Crippen LogP contribution in [0.4, 0.5) is 5.69 Å².